The van der Waals surface area contributed by atoms with E-state index in [0.29, 0.717) is 0 Å². The van der Waals surface area contributed by atoms with E-state index in [4.69, 9.17) is 0 Å². The second-order valence-electron chi connectivity index (χ2n) is 3.03. The quantitative estimate of drug-likeness (QED) is 0.522. The number of carbonyl (C=O) groups excluding carboxylic acids is 1. The monoisotopic (exact) mass is 256 g/mol. The van der Waals surface area contributed by atoms with Gasteiger partial charge in [0.2, 0.25) is 4.69 Å². The Labute approximate surface area is 72.5 Å². The van der Waals surface area contributed by atoms with Gasteiger partial charge in [0, 0.05) is 0 Å². The first-order valence-corrected chi connectivity index (χ1v) is 4.40. The van der Waals surface area contributed by atoms with Crippen LogP contribution in [-0.2, 0) is 4.79 Å². The summed E-state index contributed by atoms with van der Waals surface area (Å²) >= 11 is 6.16. The first kappa shape index (κ1) is 9.63. The zero-order valence-electron chi connectivity index (χ0n) is 5.74. The van der Waals surface area contributed by atoms with Gasteiger partial charge in [-0.2, -0.15) is 0 Å². The van der Waals surface area contributed by atoms with Crippen LogP contribution in [0.4, 0.5) is 0 Å². The first-order chi connectivity index (χ1) is 3.85. The van der Waals surface area contributed by atoms with Crippen LogP contribution in [0.3, 0.4) is 0 Å². The van der Waals surface area contributed by atoms with E-state index >= 15 is 0 Å². The summed E-state index contributed by atoms with van der Waals surface area (Å²) < 4.78 is 0.00926. The highest BCUT2D eigenvalue weighted by Gasteiger charge is 2.26. The molecule has 0 heterocycles. The fourth-order valence-corrected chi connectivity index (χ4v) is 1.03. The summed E-state index contributed by atoms with van der Waals surface area (Å²) in [7, 11) is 0. The minimum atomic E-state index is -0.0926. The van der Waals surface area contributed by atoms with E-state index in [0.717, 1.165) is 0 Å². The minimum Gasteiger partial charge on any atom is -0.285 e. The molecule has 0 amide bonds. The van der Waals surface area contributed by atoms with Crippen LogP contribution in [0, 0.1) is 5.41 Å². The molecule has 0 saturated carbocycles. The maximum Gasteiger partial charge on any atom is 0.211 e. The second-order valence-corrected chi connectivity index (χ2v) is 4.73. The van der Waals surface area contributed by atoms with E-state index in [1.165, 1.54) is 0 Å². The Kier molecular flexibility index (Phi) is 3.37. The third kappa shape index (κ3) is 3.36. The number of alkyl halides is 1. The average Bonchev–Trinajstić information content (AvgIpc) is 1.62. The number of carbonyl (C=O) groups is 1. The molecule has 1 nitrogen and oxygen atoms in total. The van der Waals surface area contributed by atoms with E-state index in [9.17, 15) is 4.79 Å². The van der Waals surface area contributed by atoms with Crippen LogP contribution in [0.2, 0.25) is 0 Å². The summed E-state index contributed by atoms with van der Waals surface area (Å²) in [5.41, 5.74) is 0.000579. The molecule has 0 saturated heterocycles. The lowest BCUT2D eigenvalue weighted by Gasteiger charge is -2.21. The van der Waals surface area contributed by atoms with Gasteiger partial charge in [-0.25, -0.2) is 0 Å². The minimum absolute atomic E-state index is 0.000579. The summed E-state index contributed by atoms with van der Waals surface area (Å²) in [6.07, 6.45) is 0. The Balaban J connectivity index is 4.04. The predicted molar refractivity (Wildman–Crippen MR) is 46.1 cm³/mol. The summed E-state index contributed by atoms with van der Waals surface area (Å²) in [4.78, 5) is 10.6. The molecule has 0 aliphatic heterocycles. The lowest BCUT2D eigenvalue weighted by molar-refractivity contribution is -0.111. The third-order valence-corrected chi connectivity index (χ3v) is 3.82. The molecule has 0 aromatic carbocycles. The molecule has 0 fully saturated rings. The summed E-state index contributed by atoms with van der Waals surface area (Å²) in [6.45, 7) is 6.02. The van der Waals surface area contributed by atoms with Gasteiger partial charge in [-0.05, 0) is 21.3 Å². The first-order valence-electron chi connectivity index (χ1n) is 2.69. The Morgan fingerprint density at radius 1 is 1.44 bits per heavy atom. The van der Waals surface area contributed by atoms with Crippen LogP contribution in [-0.4, -0.2) is 9.52 Å². The molecule has 0 N–H and O–H groups in total. The molecule has 0 bridgehead atoms. The van der Waals surface area contributed by atoms with Gasteiger partial charge in [-0.3, -0.25) is 4.79 Å². The van der Waals surface area contributed by atoms with Crippen molar-refractivity contribution in [2.75, 3.05) is 0 Å². The van der Waals surface area contributed by atoms with Gasteiger partial charge < -0.3 is 0 Å². The average molecular weight is 258 g/mol. The van der Waals surface area contributed by atoms with Crippen molar-refractivity contribution in [1.29, 1.82) is 0 Å². The SMILES string of the molecule is CC(C)(C)C(Br)C(=O)Br. The Bertz CT molecular complexity index is 115. The molecule has 9 heavy (non-hydrogen) atoms. The molecule has 0 spiro atoms. The molecular formula is C6H10Br2O. The number of rotatable bonds is 1. The molecule has 0 radical (unpaired) electrons. The molecule has 0 aromatic heterocycles. The van der Waals surface area contributed by atoms with Crippen molar-refractivity contribution < 1.29 is 4.79 Å². The lowest BCUT2D eigenvalue weighted by Crippen LogP contribution is -2.25. The van der Waals surface area contributed by atoms with Crippen molar-refractivity contribution in [1.82, 2.24) is 0 Å². The van der Waals surface area contributed by atoms with Crippen LogP contribution >= 0.6 is 31.9 Å². The Hall–Kier alpha value is 0.630. The predicted octanol–water partition coefficient (Wildman–Crippen LogP) is 2.72. The summed E-state index contributed by atoms with van der Waals surface area (Å²) in [5.74, 6) is 0. The van der Waals surface area contributed by atoms with E-state index in [2.05, 4.69) is 31.9 Å². The highest BCUT2D eigenvalue weighted by Crippen LogP contribution is 2.27. The summed E-state index contributed by atoms with van der Waals surface area (Å²) in [5, 5.41) is 0. The molecule has 0 aromatic rings. The largest absolute Gasteiger partial charge is 0.285 e. The van der Waals surface area contributed by atoms with Crippen molar-refractivity contribution >= 4 is 36.6 Å². The van der Waals surface area contributed by atoms with E-state index < -0.39 is 0 Å². The van der Waals surface area contributed by atoms with E-state index in [-0.39, 0.29) is 14.9 Å². The highest BCUT2D eigenvalue weighted by atomic mass is 79.9. The normalized spacial score (nSPS) is 15.2. The zero-order valence-corrected chi connectivity index (χ0v) is 8.91. The van der Waals surface area contributed by atoms with Crippen molar-refractivity contribution in [3.05, 3.63) is 0 Å². The van der Waals surface area contributed by atoms with Crippen LogP contribution in [0.5, 0.6) is 0 Å². The topological polar surface area (TPSA) is 17.1 Å². The number of hydrogen-bond donors (Lipinski definition) is 0. The molecule has 0 aliphatic carbocycles. The number of halogens is 2. The van der Waals surface area contributed by atoms with Gasteiger partial charge in [-0.1, -0.05) is 36.7 Å². The zero-order chi connectivity index (χ0) is 7.65. The van der Waals surface area contributed by atoms with E-state index in [1.54, 1.807) is 0 Å². The van der Waals surface area contributed by atoms with Gasteiger partial charge in [0.05, 0.1) is 4.83 Å². The molecule has 54 valence electrons. The summed E-state index contributed by atoms with van der Waals surface area (Å²) in [6, 6.07) is 0. The van der Waals surface area contributed by atoms with Crippen molar-refractivity contribution in [2.24, 2.45) is 5.41 Å². The molecule has 0 rings (SSSR count). The standard InChI is InChI=1S/C6H10Br2O/c1-6(2,3)4(7)5(8)9/h4H,1-3H3. The highest BCUT2D eigenvalue weighted by molar-refractivity contribution is 9.20. The van der Waals surface area contributed by atoms with Crippen molar-refractivity contribution in [3.63, 3.8) is 0 Å². The van der Waals surface area contributed by atoms with Crippen LogP contribution in [0.25, 0.3) is 0 Å². The molecule has 0 aliphatic rings. The smallest absolute Gasteiger partial charge is 0.211 e. The van der Waals surface area contributed by atoms with Gasteiger partial charge in [-0.15, -0.1) is 0 Å². The Morgan fingerprint density at radius 3 is 1.78 bits per heavy atom. The molecule has 3 heteroatoms. The third-order valence-electron chi connectivity index (χ3n) is 0.960. The van der Waals surface area contributed by atoms with Gasteiger partial charge >= 0.3 is 0 Å². The van der Waals surface area contributed by atoms with Gasteiger partial charge in [0.1, 0.15) is 0 Å². The van der Waals surface area contributed by atoms with Crippen LogP contribution in [0.1, 0.15) is 20.8 Å². The fourth-order valence-electron chi connectivity index (χ4n) is 0.340. The van der Waals surface area contributed by atoms with Gasteiger partial charge in [0.15, 0.2) is 0 Å². The van der Waals surface area contributed by atoms with Gasteiger partial charge in [0.25, 0.3) is 0 Å². The maximum absolute atomic E-state index is 10.7. The maximum atomic E-state index is 10.7. The van der Waals surface area contributed by atoms with Crippen molar-refractivity contribution in [2.45, 2.75) is 25.6 Å². The second kappa shape index (κ2) is 3.15. The Morgan fingerprint density at radius 2 is 1.78 bits per heavy atom. The fraction of sp³-hybridized carbons (Fsp3) is 0.833. The lowest BCUT2D eigenvalue weighted by atomic mass is 9.93. The van der Waals surface area contributed by atoms with Crippen LogP contribution in [0.15, 0.2) is 0 Å². The molecule has 1 atom stereocenters. The molecular weight excluding hydrogens is 248 g/mol. The number of hydrogen-bond acceptors (Lipinski definition) is 1. The molecule has 1 unspecified atom stereocenters. The van der Waals surface area contributed by atoms with Crippen molar-refractivity contribution in [3.8, 4) is 0 Å². The van der Waals surface area contributed by atoms with E-state index in [1.807, 2.05) is 20.8 Å². The van der Waals surface area contributed by atoms with Crippen LogP contribution < -0.4 is 0 Å².